The molecule has 7 heteroatoms. The maximum absolute atomic E-state index is 12.3. The third-order valence-corrected chi connectivity index (χ3v) is 6.17. The number of nitrogens with zero attached hydrogens (tertiary/aromatic N) is 2. The zero-order valence-electron chi connectivity index (χ0n) is 12.3. The molecule has 19 heavy (non-hydrogen) atoms. The summed E-state index contributed by atoms with van der Waals surface area (Å²) in [5.74, 6) is 1.45. The highest BCUT2D eigenvalue weighted by Gasteiger charge is 2.30. The van der Waals surface area contributed by atoms with Crippen LogP contribution in [0.15, 0.2) is 0 Å². The van der Waals surface area contributed by atoms with E-state index in [4.69, 9.17) is 0 Å². The topological polar surface area (TPSA) is 52.7 Å². The zero-order chi connectivity index (χ0) is 14.3. The van der Waals surface area contributed by atoms with Crippen molar-refractivity contribution in [3.8, 4) is 0 Å². The van der Waals surface area contributed by atoms with Crippen molar-refractivity contribution in [2.24, 2.45) is 5.92 Å². The van der Waals surface area contributed by atoms with Crippen molar-refractivity contribution in [1.82, 2.24) is 13.9 Å². The number of piperidine rings is 1. The van der Waals surface area contributed by atoms with Crippen LogP contribution in [0.3, 0.4) is 0 Å². The first-order valence-electron chi connectivity index (χ1n) is 6.93. The molecule has 1 N–H and O–H groups in total. The first-order chi connectivity index (χ1) is 9.02. The van der Waals surface area contributed by atoms with E-state index in [0.29, 0.717) is 25.6 Å². The molecule has 1 heterocycles. The number of nitrogens with one attached hydrogen (secondary N) is 1. The third kappa shape index (κ3) is 5.23. The predicted octanol–water partition coefficient (Wildman–Crippen LogP) is 0.848. The smallest absolute Gasteiger partial charge is 0.281 e. The lowest BCUT2D eigenvalue weighted by Gasteiger charge is -2.33. The molecule has 0 aromatic rings. The van der Waals surface area contributed by atoms with Gasteiger partial charge >= 0.3 is 0 Å². The monoisotopic (exact) mass is 309 g/mol. The second-order valence-corrected chi connectivity index (χ2v) is 7.99. The Balaban J connectivity index is 2.44. The van der Waals surface area contributed by atoms with Crippen LogP contribution < -0.4 is 5.32 Å². The Bertz CT molecular complexity index is 341. The molecule has 1 saturated heterocycles. The number of thioether (sulfide) groups is 1. The number of rotatable bonds is 8. The summed E-state index contributed by atoms with van der Waals surface area (Å²) in [6.45, 7) is 5.98. The largest absolute Gasteiger partial charge is 0.317 e. The second kappa shape index (κ2) is 8.46. The summed E-state index contributed by atoms with van der Waals surface area (Å²) in [5.41, 5.74) is 0. The molecule has 1 aliphatic heterocycles. The van der Waals surface area contributed by atoms with E-state index in [1.807, 2.05) is 6.26 Å². The van der Waals surface area contributed by atoms with Crippen molar-refractivity contribution < 1.29 is 8.42 Å². The first kappa shape index (κ1) is 17.2. The van der Waals surface area contributed by atoms with Gasteiger partial charge in [0.2, 0.25) is 0 Å². The van der Waals surface area contributed by atoms with Crippen molar-refractivity contribution in [1.29, 1.82) is 0 Å². The molecule has 1 fully saturated rings. The van der Waals surface area contributed by atoms with E-state index in [0.717, 1.165) is 31.7 Å². The summed E-state index contributed by atoms with van der Waals surface area (Å²) < 4.78 is 27.8. The molecular weight excluding hydrogens is 282 g/mol. The second-order valence-electron chi connectivity index (χ2n) is 4.97. The highest BCUT2D eigenvalue weighted by atomic mass is 32.2. The van der Waals surface area contributed by atoms with Crippen molar-refractivity contribution in [2.75, 3.05) is 51.8 Å². The average molecular weight is 310 g/mol. The molecule has 0 saturated carbocycles. The van der Waals surface area contributed by atoms with Crippen LogP contribution in [0.25, 0.3) is 0 Å². The lowest BCUT2D eigenvalue weighted by atomic mass is 9.98. The van der Waals surface area contributed by atoms with Gasteiger partial charge < -0.3 is 5.32 Å². The summed E-state index contributed by atoms with van der Waals surface area (Å²) in [5, 5.41) is 3.34. The molecule has 114 valence electrons. The first-order valence-corrected chi connectivity index (χ1v) is 9.72. The van der Waals surface area contributed by atoms with Crippen LogP contribution in [0.2, 0.25) is 0 Å². The molecule has 0 spiro atoms. The Labute approximate surface area is 122 Å². The summed E-state index contributed by atoms with van der Waals surface area (Å²) in [6.07, 6.45) is 3.91. The van der Waals surface area contributed by atoms with E-state index in [9.17, 15) is 8.42 Å². The van der Waals surface area contributed by atoms with Crippen LogP contribution in [-0.2, 0) is 10.2 Å². The van der Waals surface area contributed by atoms with Gasteiger partial charge in [-0.2, -0.15) is 28.8 Å². The summed E-state index contributed by atoms with van der Waals surface area (Å²) in [4.78, 5) is 0. The Hall–Kier alpha value is 0.180. The van der Waals surface area contributed by atoms with Crippen molar-refractivity contribution in [3.63, 3.8) is 0 Å². The fourth-order valence-electron chi connectivity index (χ4n) is 2.22. The van der Waals surface area contributed by atoms with Gasteiger partial charge in [0.15, 0.2) is 0 Å². The fraction of sp³-hybridized carbons (Fsp3) is 1.00. The van der Waals surface area contributed by atoms with E-state index in [-0.39, 0.29) is 0 Å². The highest BCUT2D eigenvalue weighted by molar-refractivity contribution is 7.98. The standard InChI is InChI=1S/C12H27N3O2S2/c1-4-13-11-12-5-7-15(8-6-12)19(16,17)14(2)9-10-18-3/h12-13H,4-11H2,1-3H3. The molecule has 1 aliphatic rings. The molecule has 0 radical (unpaired) electrons. The highest BCUT2D eigenvalue weighted by Crippen LogP contribution is 2.20. The molecule has 0 unspecified atom stereocenters. The Morgan fingerprint density at radius 3 is 2.53 bits per heavy atom. The Kier molecular flexibility index (Phi) is 7.68. The van der Waals surface area contributed by atoms with E-state index >= 15 is 0 Å². The van der Waals surface area contributed by atoms with Gasteiger partial charge in [-0.15, -0.1) is 0 Å². The van der Waals surface area contributed by atoms with Gasteiger partial charge in [0.25, 0.3) is 10.2 Å². The van der Waals surface area contributed by atoms with E-state index in [2.05, 4.69) is 12.2 Å². The van der Waals surface area contributed by atoms with Crippen LogP contribution in [0.1, 0.15) is 19.8 Å². The van der Waals surface area contributed by atoms with E-state index in [1.165, 1.54) is 4.31 Å². The minimum atomic E-state index is -3.25. The van der Waals surface area contributed by atoms with Crippen molar-refractivity contribution >= 4 is 22.0 Å². The van der Waals surface area contributed by atoms with Gasteiger partial charge in [-0.1, -0.05) is 6.92 Å². The summed E-state index contributed by atoms with van der Waals surface area (Å²) >= 11 is 1.67. The van der Waals surface area contributed by atoms with Crippen LogP contribution in [0.5, 0.6) is 0 Å². The van der Waals surface area contributed by atoms with Gasteiger partial charge in [0, 0.05) is 32.4 Å². The number of hydrogen-bond acceptors (Lipinski definition) is 4. The molecule has 0 atom stereocenters. The summed E-state index contributed by atoms with van der Waals surface area (Å²) in [6, 6.07) is 0. The van der Waals surface area contributed by atoms with Crippen molar-refractivity contribution in [3.05, 3.63) is 0 Å². The predicted molar refractivity (Wildman–Crippen MR) is 82.8 cm³/mol. The zero-order valence-corrected chi connectivity index (χ0v) is 13.9. The van der Waals surface area contributed by atoms with Crippen LogP contribution >= 0.6 is 11.8 Å². The van der Waals surface area contributed by atoms with Gasteiger partial charge in [0.05, 0.1) is 0 Å². The van der Waals surface area contributed by atoms with E-state index < -0.39 is 10.2 Å². The maximum Gasteiger partial charge on any atom is 0.281 e. The lowest BCUT2D eigenvalue weighted by molar-refractivity contribution is 0.256. The maximum atomic E-state index is 12.3. The SMILES string of the molecule is CCNCC1CCN(S(=O)(=O)N(C)CCSC)CC1. The number of hydrogen-bond donors (Lipinski definition) is 1. The molecule has 0 bridgehead atoms. The van der Waals surface area contributed by atoms with Gasteiger partial charge in [-0.3, -0.25) is 0 Å². The Morgan fingerprint density at radius 1 is 1.37 bits per heavy atom. The average Bonchev–Trinajstić information content (AvgIpc) is 2.42. The molecule has 0 aliphatic carbocycles. The van der Waals surface area contributed by atoms with Crippen LogP contribution in [0.4, 0.5) is 0 Å². The molecular formula is C12H27N3O2S2. The van der Waals surface area contributed by atoms with Gasteiger partial charge in [-0.05, 0) is 38.1 Å². The van der Waals surface area contributed by atoms with E-state index in [1.54, 1.807) is 23.1 Å². The summed E-state index contributed by atoms with van der Waals surface area (Å²) in [7, 11) is -1.57. The third-order valence-electron chi connectivity index (χ3n) is 3.59. The quantitative estimate of drug-likeness (QED) is 0.722. The normalized spacial score (nSPS) is 19.2. The molecule has 0 amide bonds. The van der Waals surface area contributed by atoms with Gasteiger partial charge in [0.1, 0.15) is 0 Å². The van der Waals surface area contributed by atoms with Crippen LogP contribution in [-0.4, -0.2) is 68.8 Å². The molecule has 0 aromatic heterocycles. The fourth-order valence-corrected chi connectivity index (χ4v) is 4.19. The minimum absolute atomic E-state index is 0.584. The molecule has 1 rings (SSSR count). The minimum Gasteiger partial charge on any atom is -0.317 e. The van der Waals surface area contributed by atoms with Gasteiger partial charge in [-0.25, -0.2) is 0 Å². The van der Waals surface area contributed by atoms with Crippen LogP contribution in [0, 0.1) is 5.92 Å². The molecule has 0 aromatic carbocycles. The van der Waals surface area contributed by atoms with Crippen molar-refractivity contribution in [2.45, 2.75) is 19.8 Å². The molecule has 5 nitrogen and oxygen atoms in total. The Morgan fingerprint density at radius 2 is 2.00 bits per heavy atom. The lowest BCUT2D eigenvalue weighted by Crippen LogP contribution is -2.47.